The number of rotatable bonds is 7. The first-order valence-electron chi connectivity index (χ1n) is 7.68. The van der Waals surface area contributed by atoms with Gasteiger partial charge in [0.15, 0.2) is 6.61 Å². The van der Waals surface area contributed by atoms with E-state index in [-0.39, 0.29) is 27.8 Å². The number of alkyl halides is 3. The summed E-state index contributed by atoms with van der Waals surface area (Å²) in [6, 6.07) is 10.7. The van der Waals surface area contributed by atoms with Crippen LogP contribution in [0.15, 0.2) is 53.4 Å². The van der Waals surface area contributed by atoms with Gasteiger partial charge in [-0.2, -0.15) is 4.72 Å². The molecule has 1 atom stereocenters. The van der Waals surface area contributed by atoms with Gasteiger partial charge in [0.05, 0.1) is 23.1 Å². The zero-order chi connectivity index (χ0) is 20.9. The zero-order valence-electron chi connectivity index (χ0n) is 14.4. The Morgan fingerprint density at radius 3 is 2.32 bits per heavy atom. The van der Waals surface area contributed by atoms with Gasteiger partial charge in [0.2, 0.25) is 13.8 Å². The van der Waals surface area contributed by atoms with Gasteiger partial charge in [-0.05, 0) is 29.8 Å². The van der Waals surface area contributed by atoms with Crippen molar-refractivity contribution in [2.45, 2.75) is 14.7 Å². The van der Waals surface area contributed by atoms with E-state index in [0.29, 0.717) is 0 Å². The molecule has 2 aromatic carbocycles. The molecule has 2 rings (SSSR count). The number of halogens is 4. The fourth-order valence-electron chi connectivity index (χ4n) is 2.16. The Morgan fingerprint density at radius 2 is 1.79 bits per heavy atom. The van der Waals surface area contributed by atoms with Crippen LogP contribution in [0.4, 0.5) is 0 Å². The topological polar surface area (TPSA) is 81.7 Å². The highest BCUT2D eigenvalue weighted by Gasteiger charge is 2.37. The maximum absolute atomic E-state index is 12.6. The minimum atomic E-state index is -3.98. The second-order valence-electron chi connectivity index (χ2n) is 5.46. The molecule has 0 saturated heterocycles. The highest BCUT2D eigenvalue weighted by molar-refractivity contribution is 7.89. The molecule has 0 aliphatic rings. The standard InChI is InChI=1S/C17H15Cl4NO5S/c1-26-15(23)10-27-14-8-7-11(9-13(14)18)16(17(19,20)21)22-28(24,25)12-5-3-2-4-6-12/h2-9,16,22H,10H2,1H3. The number of esters is 1. The SMILES string of the molecule is COC(=O)COc1ccc(C(NS(=O)(=O)c2ccccc2)C(Cl)(Cl)Cl)cc1Cl. The monoisotopic (exact) mass is 485 g/mol. The van der Waals surface area contributed by atoms with Crippen LogP contribution in [0.25, 0.3) is 0 Å². The number of benzene rings is 2. The molecule has 0 heterocycles. The molecule has 0 aromatic heterocycles. The van der Waals surface area contributed by atoms with Gasteiger partial charge in [0.25, 0.3) is 0 Å². The van der Waals surface area contributed by atoms with E-state index in [1.165, 1.54) is 37.4 Å². The fraction of sp³-hybridized carbons (Fsp3) is 0.235. The van der Waals surface area contributed by atoms with Crippen LogP contribution in [0, 0.1) is 0 Å². The minimum Gasteiger partial charge on any atom is -0.480 e. The molecule has 2 aromatic rings. The summed E-state index contributed by atoms with van der Waals surface area (Å²) in [6.45, 7) is -0.343. The summed E-state index contributed by atoms with van der Waals surface area (Å²) >= 11 is 24.2. The smallest absolute Gasteiger partial charge is 0.343 e. The van der Waals surface area contributed by atoms with E-state index in [9.17, 15) is 13.2 Å². The summed E-state index contributed by atoms with van der Waals surface area (Å²) < 4.78 is 35.3. The van der Waals surface area contributed by atoms with E-state index in [0.717, 1.165) is 0 Å². The number of hydrogen-bond donors (Lipinski definition) is 1. The van der Waals surface area contributed by atoms with Crippen LogP contribution in [0.2, 0.25) is 5.02 Å². The highest BCUT2D eigenvalue weighted by atomic mass is 35.6. The van der Waals surface area contributed by atoms with Crippen LogP contribution in [-0.4, -0.2) is 31.9 Å². The molecule has 28 heavy (non-hydrogen) atoms. The Morgan fingerprint density at radius 1 is 1.14 bits per heavy atom. The first-order chi connectivity index (χ1) is 13.0. The van der Waals surface area contributed by atoms with Gasteiger partial charge in [0, 0.05) is 0 Å². The maximum atomic E-state index is 12.6. The summed E-state index contributed by atoms with van der Waals surface area (Å²) in [6.07, 6.45) is 0. The maximum Gasteiger partial charge on any atom is 0.343 e. The van der Waals surface area contributed by atoms with E-state index in [2.05, 4.69) is 9.46 Å². The molecule has 6 nitrogen and oxygen atoms in total. The lowest BCUT2D eigenvalue weighted by atomic mass is 10.1. The van der Waals surface area contributed by atoms with Gasteiger partial charge >= 0.3 is 5.97 Å². The quantitative estimate of drug-likeness (QED) is 0.466. The van der Waals surface area contributed by atoms with Crippen LogP contribution >= 0.6 is 46.4 Å². The average molecular weight is 487 g/mol. The van der Waals surface area contributed by atoms with Crippen molar-refractivity contribution in [3.8, 4) is 5.75 Å². The summed E-state index contributed by atoms with van der Waals surface area (Å²) in [4.78, 5) is 11.2. The molecule has 0 spiro atoms. The summed E-state index contributed by atoms with van der Waals surface area (Å²) in [5, 5.41) is 0.0968. The first-order valence-corrected chi connectivity index (χ1v) is 10.7. The van der Waals surface area contributed by atoms with Crippen molar-refractivity contribution in [3.05, 3.63) is 59.1 Å². The van der Waals surface area contributed by atoms with Crippen molar-refractivity contribution in [1.82, 2.24) is 4.72 Å². The molecule has 1 unspecified atom stereocenters. The van der Waals surface area contributed by atoms with Crippen LogP contribution in [-0.2, 0) is 19.6 Å². The van der Waals surface area contributed by atoms with E-state index < -0.39 is 25.8 Å². The zero-order valence-corrected chi connectivity index (χ0v) is 18.2. The van der Waals surface area contributed by atoms with Crippen LogP contribution < -0.4 is 9.46 Å². The number of carbonyl (C=O) groups excluding carboxylic acids is 1. The normalized spacial score (nSPS) is 13.0. The van der Waals surface area contributed by atoms with Crippen molar-refractivity contribution >= 4 is 62.4 Å². The Kier molecular flexibility index (Phi) is 7.84. The van der Waals surface area contributed by atoms with Crippen LogP contribution in [0.5, 0.6) is 5.75 Å². The minimum absolute atomic E-state index is 0.0124. The predicted octanol–water partition coefficient (Wildman–Crippen LogP) is 4.28. The van der Waals surface area contributed by atoms with E-state index in [4.69, 9.17) is 51.1 Å². The van der Waals surface area contributed by atoms with E-state index >= 15 is 0 Å². The van der Waals surface area contributed by atoms with Crippen molar-refractivity contribution in [3.63, 3.8) is 0 Å². The molecule has 11 heteroatoms. The molecule has 0 bridgehead atoms. The van der Waals surface area contributed by atoms with Crippen molar-refractivity contribution < 1.29 is 22.7 Å². The molecule has 0 radical (unpaired) electrons. The largest absolute Gasteiger partial charge is 0.480 e. The van der Waals surface area contributed by atoms with Gasteiger partial charge < -0.3 is 9.47 Å². The Hall–Kier alpha value is -1.22. The fourth-order valence-corrected chi connectivity index (χ4v) is 4.41. The van der Waals surface area contributed by atoms with Crippen molar-refractivity contribution in [2.24, 2.45) is 0 Å². The Balaban J connectivity index is 2.31. The number of hydrogen-bond acceptors (Lipinski definition) is 5. The summed E-state index contributed by atoms with van der Waals surface area (Å²) in [5.74, 6) is -0.403. The van der Waals surface area contributed by atoms with Crippen molar-refractivity contribution in [2.75, 3.05) is 13.7 Å². The predicted molar refractivity (Wildman–Crippen MR) is 109 cm³/mol. The molecule has 0 aliphatic carbocycles. The third-order valence-corrected chi connectivity index (χ3v) is 5.91. The van der Waals surface area contributed by atoms with Crippen LogP contribution in [0.3, 0.4) is 0 Å². The molecule has 0 saturated carbocycles. The third kappa shape index (κ3) is 6.14. The highest BCUT2D eigenvalue weighted by Crippen LogP contribution is 2.42. The number of nitrogens with one attached hydrogen (secondary N) is 1. The Labute approximate surface area is 182 Å². The summed E-state index contributed by atoms with van der Waals surface area (Å²) in [7, 11) is -2.75. The van der Waals surface area contributed by atoms with Gasteiger partial charge in [-0.1, -0.05) is 70.7 Å². The van der Waals surface area contributed by atoms with Gasteiger partial charge in [-0.3, -0.25) is 0 Å². The van der Waals surface area contributed by atoms with Gasteiger partial charge in [-0.25, -0.2) is 13.2 Å². The number of ether oxygens (including phenoxy) is 2. The molecule has 0 amide bonds. The molecule has 1 N–H and O–H groups in total. The van der Waals surface area contributed by atoms with Gasteiger partial charge in [-0.15, -0.1) is 0 Å². The molecular weight excluding hydrogens is 472 g/mol. The first kappa shape index (κ1) is 23.1. The second kappa shape index (κ2) is 9.52. The van der Waals surface area contributed by atoms with Crippen molar-refractivity contribution in [1.29, 1.82) is 0 Å². The lowest BCUT2D eigenvalue weighted by molar-refractivity contribution is -0.142. The average Bonchev–Trinajstić information content (AvgIpc) is 2.64. The van der Waals surface area contributed by atoms with E-state index in [1.807, 2.05) is 0 Å². The third-order valence-electron chi connectivity index (χ3n) is 3.52. The van der Waals surface area contributed by atoms with E-state index in [1.54, 1.807) is 18.2 Å². The number of sulfonamides is 1. The number of methoxy groups -OCH3 is 1. The lowest BCUT2D eigenvalue weighted by Crippen LogP contribution is -2.36. The molecule has 0 fully saturated rings. The Bertz CT molecular complexity index is 932. The van der Waals surface area contributed by atoms with Crippen LogP contribution in [0.1, 0.15) is 11.6 Å². The molecule has 152 valence electrons. The lowest BCUT2D eigenvalue weighted by Gasteiger charge is -2.26. The number of carbonyl (C=O) groups is 1. The van der Waals surface area contributed by atoms with Gasteiger partial charge in [0.1, 0.15) is 5.75 Å². The molecule has 0 aliphatic heterocycles. The second-order valence-corrected chi connectivity index (χ2v) is 9.95. The molecular formula is C17H15Cl4NO5S. The summed E-state index contributed by atoms with van der Waals surface area (Å²) in [5.41, 5.74) is 0.287.